The van der Waals surface area contributed by atoms with Crippen molar-refractivity contribution in [1.82, 2.24) is 10.2 Å². The van der Waals surface area contributed by atoms with Crippen LogP contribution in [-0.2, 0) is 6.54 Å². The van der Waals surface area contributed by atoms with Crippen LogP contribution in [0, 0.1) is 10.1 Å². The molecule has 1 aliphatic heterocycles. The molecule has 1 saturated heterocycles. The van der Waals surface area contributed by atoms with Crippen LogP contribution >= 0.6 is 11.6 Å². The van der Waals surface area contributed by atoms with Crippen LogP contribution in [0.15, 0.2) is 18.2 Å². The maximum Gasteiger partial charge on any atom is 0.287 e. The Morgan fingerprint density at radius 3 is 3.00 bits per heavy atom. The van der Waals surface area contributed by atoms with E-state index in [0.29, 0.717) is 6.04 Å². The Kier molecular flexibility index (Phi) is 4.16. The SMILES string of the molecule is C[C@@H]1CNCCN1Cc1ccc([N+](=O)[O-])c(Cl)c1. The summed E-state index contributed by atoms with van der Waals surface area (Å²) in [5, 5.41) is 14.2. The minimum Gasteiger partial charge on any atom is -0.314 e. The fourth-order valence-electron chi connectivity index (χ4n) is 2.15. The lowest BCUT2D eigenvalue weighted by Gasteiger charge is -2.33. The summed E-state index contributed by atoms with van der Waals surface area (Å²) in [4.78, 5) is 12.6. The van der Waals surface area contributed by atoms with Crippen molar-refractivity contribution in [2.24, 2.45) is 0 Å². The molecule has 0 aromatic heterocycles. The minimum absolute atomic E-state index is 0.0335. The monoisotopic (exact) mass is 269 g/mol. The molecule has 0 bridgehead atoms. The summed E-state index contributed by atoms with van der Waals surface area (Å²) in [6.45, 7) is 5.88. The number of hydrogen-bond acceptors (Lipinski definition) is 4. The van der Waals surface area contributed by atoms with Gasteiger partial charge in [-0.3, -0.25) is 15.0 Å². The second kappa shape index (κ2) is 5.65. The first kappa shape index (κ1) is 13.3. The van der Waals surface area contributed by atoms with E-state index < -0.39 is 4.92 Å². The molecule has 98 valence electrons. The van der Waals surface area contributed by atoms with Crippen molar-refractivity contribution in [1.29, 1.82) is 0 Å². The molecule has 0 spiro atoms. The van der Waals surface area contributed by atoms with Crippen molar-refractivity contribution in [2.45, 2.75) is 19.5 Å². The van der Waals surface area contributed by atoms with E-state index in [1.807, 2.05) is 0 Å². The lowest BCUT2D eigenvalue weighted by Crippen LogP contribution is -2.49. The Morgan fingerprint density at radius 1 is 1.61 bits per heavy atom. The molecule has 2 rings (SSSR count). The second-order valence-corrected chi connectivity index (χ2v) is 4.97. The van der Waals surface area contributed by atoms with Gasteiger partial charge in [-0.2, -0.15) is 0 Å². The molecule has 18 heavy (non-hydrogen) atoms. The van der Waals surface area contributed by atoms with Crippen LogP contribution in [-0.4, -0.2) is 35.5 Å². The number of hydrogen-bond donors (Lipinski definition) is 1. The van der Waals surface area contributed by atoms with E-state index >= 15 is 0 Å². The average Bonchev–Trinajstić information content (AvgIpc) is 2.32. The molecule has 0 amide bonds. The third-order valence-corrected chi connectivity index (χ3v) is 3.54. The molecule has 0 aliphatic carbocycles. The molecule has 1 aromatic rings. The smallest absolute Gasteiger partial charge is 0.287 e. The van der Waals surface area contributed by atoms with Crippen molar-refractivity contribution in [3.05, 3.63) is 38.9 Å². The van der Waals surface area contributed by atoms with E-state index in [1.165, 1.54) is 6.07 Å². The molecule has 0 saturated carbocycles. The highest BCUT2D eigenvalue weighted by atomic mass is 35.5. The Hall–Kier alpha value is -1.17. The summed E-state index contributed by atoms with van der Waals surface area (Å²) < 4.78 is 0. The molecule has 1 heterocycles. The van der Waals surface area contributed by atoms with Crippen LogP contribution in [0.1, 0.15) is 12.5 Å². The number of nitrogens with zero attached hydrogens (tertiary/aromatic N) is 2. The van der Waals surface area contributed by atoms with Crippen molar-refractivity contribution in [3.63, 3.8) is 0 Å². The molecule has 1 aliphatic rings. The van der Waals surface area contributed by atoms with Crippen molar-refractivity contribution >= 4 is 17.3 Å². The Labute approximate surface area is 111 Å². The Bertz CT molecular complexity index is 453. The van der Waals surface area contributed by atoms with Crippen LogP contribution in [0.2, 0.25) is 5.02 Å². The van der Waals surface area contributed by atoms with Crippen LogP contribution in [0.3, 0.4) is 0 Å². The van der Waals surface area contributed by atoms with Gasteiger partial charge in [0.1, 0.15) is 5.02 Å². The maximum absolute atomic E-state index is 10.7. The van der Waals surface area contributed by atoms with Gasteiger partial charge in [-0.15, -0.1) is 0 Å². The number of nitro groups is 1. The van der Waals surface area contributed by atoms with Crippen molar-refractivity contribution in [2.75, 3.05) is 19.6 Å². The third kappa shape index (κ3) is 2.98. The van der Waals surface area contributed by atoms with Gasteiger partial charge < -0.3 is 5.32 Å². The molecular formula is C12H16ClN3O2. The van der Waals surface area contributed by atoms with Crippen LogP contribution in [0.5, 0.6) is 0 Å². The van der Waals surface area contributed by atoms with Crippen LogP contribution < -0.4 is 5.32 Å². The summed E-state index contributed by atoms with van der Waals surface area (Å²) in [5.41, 5.74) is 0.980. The fraction of sp³-hybridized carbons (Fsp3) is 0.500. The largest absolute Gasteiger partial charge is 0.314 e. The van der Waals surface area contributed by atoms with E-state index in [1.54, 1.807) is 12.1 Å². The van der Waals surface area contributed by atoms with Gasteiger partial charge in [0.25, 0.3) is 5.69 Å². The lowest BCUT2D eigenvalue weighted by atomic mass is 10.1. The number of nitrogens with one attached hydrogen (secondary N) is 1. The third-order valence-electron chi connectivity index (χ3n) is 3.23. The van der Waals surface area contributed by atoms with Crippen molar-refractivity contribution < 1.29 is 4.92 Å². The fourth-order valence-corrected chi connectivity index (χ4v) is 2.42. The van der Waals surface area contributed by atoms with Gasteiger partial charge >= 0.3 is 0 Å². The highest BCUT2D eigenvalue weighted by molar-refractivity contribution is 6.32. The summed E-state index contributed by atoms with van der Waals surface area (Å²) in [7, 11) is 0. The summed E-state index contributed by atoms with van der Waals surface area (Å²) in [6, 6.07) is 5.41. The average molecular weight is 270 g/mol. The van der Waals surface area contributed by atoms with Crippen LogP contribution in [0.4, 0.5) is 5.69 Å². The topological polar surface area (TPSA) is 58.4 Å². The molecule has 1 aromatic carbocycles. The first-order valence-electron chi connectivity index (χ1n) is 5.95. The van der Waals surface area contributed by atoms with Gasteiger partial charge in [-0.1, -0.05) is 17.7 Å². The van der Waals surface area contributed by atoms with E-state index in [9.17, 15) is 10.1 Å². The quantitative estimate of drug-likeness (QED) is 0.674. The van der Waals surface area contributed by atoms with Gasteiger partial charge in [0, 0.05) is 38.3 Å². The number of rotatable bonds is 3. The van der Waals surface area contributed by atoms with Gasteiger partial charge in [0.2, 0.25) is 0 Å². The first-order chi connectivity index (χ1) is 8.58. The van der Waals surface area contributed by atoms with Gasteiger partial charge in [0.15, 0.2) is 0 Å². The number of halogens is 1. The predicted molar refractivity (Wildman–Crippen MR) is 70.8 cm³/mol. The Morgan fingerprint density at radius 2 is 2.39 bits per heavy atom. The number of nitro benzene ring substituents is 1. The molecular weight excluding hydrogens is 254 g/mol. The molecule has 5 nitrogen and oxygen atoms in total. The molecule has 0 radical (unpaired) electrons. The number of benzene rings is 1. The lowest BCUT2D eigenvalue weighted by molar-refractivity contribution is -0.384. The zero-order chi connectivity index (χ0) is 13.1. The van der Waals surface area contributed by atoms with E-state index in [2.05, 4.69) is 17.1 Å². The summed E-state index contributed by atoms with van der Waals surface area (Å²) >= 11 is 5.91. The summed E-state index contributed by atoms with van der Waals surface area (Å²) in [5.74, 6) is 0. The maximum atomic E-state index is 10.7. The normalized spacial score (nSPS) is 20.9. The molecule has 1 fully saturated rings. The van der Waals surface area contributed by atoms with E-state index in [0.717, 1.165) is 31.7 Å². The van der Waals surface area contributed by atoms with Gasteiger partial charge in [-0.25, -0.2) is 0 Å². The highest BCUT2D eigenvalue weighted by Crippen LogP contribution is 2.25. The van der Waals surface area contributed by atoms with Crippen LogP contribution in [0.25, 0.3) is 0 Å². The summed E-state index contributed by atoms with van der Waals surface area (Å²) in [6.07, 6.45) is 0. The van der Waals surface area contributed by atoms with E-state index in [4.69, 9.17) is 11.6 Å². The molecule has 1 N–H and O–H groups in total. The zero-order valence-corrected chi connectivity index (χ0v) is 11.0. The van der Waals surface area contributed by atoms with Gasteiger partial charge in [-0.05, 0) is 18.6 Å². The second-order valence-electron chi connectivity index (χ2n) is 4.57. The minimum atomic E-state index is -0.459. The standard InChI is InChI=1S/C12H16ClN3O2/c1-9-7-14-4-5-15(9)8-10-2-3-12(16(17)18)11(13)6-10/h2-3,6,9,14H,4-5,7-8H2,1H3/t9-/m1/s1. The zero-order valence-electron chi connectivity index (χ0n) is 10.2. The first-order valence-corrected chi connectivity index (χ1v) is 6.33. The molecule has 1 atom stereocenters. The molecule has 0 unspecified atom stereocenters. The van der Waals surface area contributed by atoms with Gasteiger partial charge in [0.05, 0.1) is 4.92 Å². The molecule has 6 heteroatoms. The van der Waals surface area contributed by atoms with E-state index in [-0.39, 0.29) is 10.7 Å². The highest BCUT2D eigenvalue weighted by Gasteiger charge is 2.19. The predicted octanol–water partition coefficient (Wildman–Crippen LogP) is 2.04. The van der Waals surface area contributed by atoms with Crippen molar-refractivity contribution in [3.8, 4) is 0 Å². The number of piperazine rings is 1. The Balaban J connectivity index is 2.10.